The van der Waals surface area contributed by atoms with Crippen molar-refractivity contribution in [1.29, 1.82) is 0 Å². The summed E-state index contributed by atoms with van der Waals surface area (Å²) in [4.78, 5) is 39.3. The molecule has 0 spiro atoms. The van der Waals surface area contributed by atoms with Gasteiger partial charge in [-0.3, -0.25) is 14.4 Å². The molecule has 0 aliphatic carbocycles. The Morgan fingerprint density at radius 1 is 1.15 bits per heavy atom. The zero-order valence-electron chi connectivity index (χ0n) is 13.7. The van der Waals surface area contributed by atoms with E-state index in [-0.39, 0.29) is 17.4 Å². The molecule has 2 N–H and O–H groups in total. The minimum Gasteiger partial charge on any atom is -0.347 e. The monoisotopic (exact) mass is 353 g/mol. The molecule has 1 fully saturated rings. The molecule has 2 heterocycles. The van der Waals surface area contributed by atoms with Gasteiger partial charge in [-0.2, -0.15) is 0 Å². The number of amides is 3. The van der Waals surface area contributed by atoms with Gasteiger partial charge in [0.25, 0.3) is 11.8 Å². The van der Waals surface area contributed by atoms with E-state index in [1.165, 1.54) is 23.1 Å². The molecule has 0 saturated carbocycles. The lowest BCUT2D eigenvalue weighted by Crippen LogP contribution is -2.51. The number of hydrogen-bond acceptors (Lipinski definition) is 3. The van der Waals surface area contributed by atoms with Crippen molar-refractivity contribution >= 4 is 23.4 Å². The maximum atomic E-state index is 13.3. The quantitative estimate of drug-likeness (QED) is 0.864. The Morgan fingerprint density at radius 2 is 1.96 bits per heavy atom. The first-order valence-corrected chi connectivity index (χ1v) is 8.32. The Bertz CT molecular complexity index is 914. The molecule has 0 aromatic heterocycles. The van der Waals surface area contributed by atoms with Crippen molar-refractivity contribution in [3.8, 4) is 0 Å². The van der Waals surface area contributed by atoms with E-state index in [0.29, 0.717) is 24.2 Å². The molecule has 2 aliphatic heterocycles. The molecule has 2 aliphatic rings. The molecule has 0 bridgehead atoms. The van der Waals surface area contributed by atoms with Crippen LogP contribution >= 0.6 is 0 Å². The van der Waals surface area contributed by atoms with Crippen LogP contribution in [-0.2, 0) is 4.79 Å². The van der Waals surface area contributed by atoms with Crippen LogP contribution in [0.1, 0.15) is 27.1 Å². The Balaban J connectivity index is 1.59. The average molecular weight is 353 g/mol. The van der Waals surface area contributed by atoms with Crippen molar-refractivity contribution in [2.45, 2.75) is 18.5 Å². The minimum atomic E-state index is -0.799. The summed E-state index contributed by atoms with van der Waals surface area (Å²) in [6, 6.07) is 10.8. The first-order valence-electron chi connectivity index (χ1n) is 8.32. The number of halogens is 1. The highest BCUT2D eigenvalue weighted by atomic mass is 19.1. The van der Waals surface area contributed by atoms with Crippen molar-refractivity contribution in [3.63, 3.8) is 0 Å². The number of carbonyl (C=O) groups is 3. The highest BCUT2D eigenvalue weighted by Crippen LogP contribution is 2.29. The van der Waals surface area contributed by atoms with Crippen LogP contribution in [0.5, 0.6) is 0 Å². The van der Waals surface area contributed by atoms with Crippen LogP contribution in [0.25, 0.3) is 0 Å². The van der Waals surface area contributed by atoms with Gasteiger partial charge in [-0.25, -0.2) is 4.39 Å². The lowest BCUT2D eigenvalue weighted by molar-refractivity contribution is -0.120. The standard InChI is InChI=1S/C19H16FN3O3/c20-12-5-3-4-11(10-12)17(24)22-15-8-9-23-16(15)18(25)21-14-7-2-1-6-13(14)19(23)26/h1-7,10,15-16H,8-9H2,(H,21,25)(H,22,24)/t15-,16-/m0/s1. The van der Waals surface area contributed by atoms with Gasteiger partial charge >= 0.3 is 0 Å². The molecule has 7 heteroatoms. The number of rotatable bonds is 2. The molecule has 2 atom stereocenters. The van der Waals surface area contributed by atoms with Crippen LogP contribution in [-0.4, -0.2) is 41.2 Å². The van der Waals surface area contributed by atoms with E-state index in [4.69, 9.17) is 0 Å². The van der Waals surface area contributed by atoms with Crippen LogP contribution < -0.4 is 10.6 Å². The van der Waals surface area contributed by atoms with Crippen molar-refractivity contribution in [3.05, 3.63) is 65.5 Å². The molecule has 0 radical (unpaired) electrons. The lowest BCUT2D eigenvalue weighted by Gasteiger charge is -2.25. The first kappa shape index (κ1) is 16.3. The van der Waals surface area contributed by atoms with Crippen molar-refractivity contribution < 1.29 is 18.8 Å². The van der Waals surface area contributed by atoms with E-state index in [2.05, 4.69) is 10.6 Å². The van der Waals surface area contributed by atoms with E-state index in [1.54, 1.807) is 24.3 Å². The number of hydrogen-bond donors (Lipinski definition) is 2. The Labute approximate surface area is 149 Å². The van der Waals surface area contributed by atoms with Crippen molar-refractivity contribution in [2.24, 2.45) is 0 Å². The zero-order valence-corrected chi connectivity index (χ0v) is 13.7. The van der Waals surface area contributed by atoms with Gasteiger partial charge in [0.2, 0.25) is 5.91 Å². The van der Waals surface area contributed by atoms with Crippen LogP contribution in [0.4, 0.5) is 10.1 Å². The smallest absolute Gasteiger partial charge is 0.256 e. The normalized spacial score (nSPS) is 21.5. The topological polar surface area (TPSA) is 78.5 Å². The summed E-state index contributed by atoms with van der Waals surface area (Å²) in [7, 11) is 0. The summed E-state index contributed by atoms with van der Waals surface area (Å²) in [5, 5.41) is 5.53. The summed E-state index contributed by atoms with van der Waals surface area (Å²) >= 11 is 0. The van der Waals surface area contributed by atoms with Gasteiger partial charge in [0, 0.05) is 12.1 Å². The van der Waals surface area contributed by atoms with Gasteiger partial charge in [0.1, 0.15) is 11.9 Å². The Morgan fingerprint density at radius 3 is 2.77 bits per heavy atom. The van der Waals surface area contributed by atoms with Crippen LogP contribution in [0.2, 0.25) is 0 Å². The van der Waals surface area contributed by atoms with Crippen LogP contribution in [0.3, 0.4) is 0 Å². The molecule has 4 rings (SSSR count). The van der Waals surface area contributed by atoms with Gasteiger partial charge in [-0.05, 0) is 36.8 Å². The lowest BCUT2D eigenvalue weighted by atomic mass is 10.1. The fourth-order valence-electron chi connectivity index (χ4n) is 3.52. The van der Waals surface area contributed by atoms with E-state index >= 15 is 0 Å². The van der Waals surface area contributed by atoms with Gasteiger partial charge in [-0.15, -0.1) is 0 Å². The van der Waals surface area contributed by atoms with Gasteiger partial charge in [-0.1, -0.05) is 18.2 Å². The summed E-state index contributed by atoms with van der Waals surface area (Å²) in [5.41, 5.74) is 1.07. The highest BCUT2D eigenvalue weighted by Gasteiger charge is 2.45. The fourth-order valence-corrected chi connectivity index (χ4v) is 3.52. The number of benzene rings is 2. The van der Waals surface area contributed by atoms with Gasteiger partial charge in [0.15, 0.2) is 0 Å². The highest BCUT2D eigenvalue weighted by molar-refractivity contribution is 6.10. The first-order chi connectivity index (χ1) is 12.5. The predicted molar refractivity (Wildman–Crippen MR) is 92.2 cm³/mol. The fraction of sp³-hybridized carbons (Fsp3) is 0.211. The summed E-state index contributed by atoms with van der Waals surface area (Å²) in [6.07, 6.45) is 0.451. The molecule has 2 aromatic carbocycles. The molecule has 6 nitrogen and oxygen atoms in total. The number of para-hydroxylation sites is 1. The molecule has 2 aromatic rings. The van der Waals surface area contributed by atoms with Crippen LogP contribution in [0, 0.1) is 5.82 Å². The molecule has 26 heavy (non-hydrogen) atoms. The minimum absolute atomic E-state index is 0.173. The third-order valence-electron chi connectivity index (χ3n) is 4.75. The third-order valence-corrected chi connectivity index (χ3v) is 4.75. The number of nitrogens with zero attached hydrogens (tertiary/aromatic N) is 1. The summed E-state index contributed by atoms with van der Waals surface area (Å²) in [5.74, 6) is -1.57. The maximum Gasteiger partial charge on any atom is 0.256 e. The van der Waals surface area contributed by atoms with Crippen molar-refractivity contribution in [1.82, 2.24) is 10.2 Å². The maximum absolute atomic E-state index is 13.3. The van der Waals surface area contributed by atoms with Crippen molar-refractivity contribution in [2.75, 3.05) is 11.9 Å². The molecule has 0 unspecified atom stereocenters. The van der Waals surface area contributed by atoms with E-state index in [0.717, 1.165) is 6.07 Å². The van der Waals surface area contributed by atoms with E-state index < -0.39 is 23.8 Å². The van der Waals surface area contributed by atoms with Gasteiger partial charge < -0.3 is 15.5 Å². The average Bonchev–Trinajstić information content (AvgIpc) is 3.01. The zero-order chi connectivity index (χ0) is 18.3. The molecule has 132 valence electrons. The number of anilines is 1. The molecular weight excluding hydrogens is 337 g/mol. The van der Waals surface area contributed by atoms with E-state index in [9.17, 15) is 18.8 Å². The summed E-state index contributed by atoms with van der Waals surface area (Å²) < 4.78 is 13.3. The molecule has 1 saturated heterocycles. The molecular formula is C19H16FN3O3. The van der Waals surface area contributed by atoms with Crippen LogP contribution in [0.15, 0.2) is 48.5 Å². The largest absolute Gasteiger partial charge is 0.347 e. The Kier molecular flexibility index (Phi) is 3.91. The predicted octanol–water partition coefficient (Wildman–Crippen LogP) is 1.79. The summed E-state index contributed by atoms with van der Waals surface area (Å²) in [6.45, 7) is 0.360. The number of fused-ring (bicyclic) bond motifs is 2. The second-order valence-electron chi connectivity index (χ2n) is 6.36. The second kappa shape index (κ2) is 6.25. The number of nitrogens with one attached hydrogen (secondary N) is 2. The number of carbonyl (C=O) groups excluding carboxylic acids is 3. The third kappa shape index (κ3) is 2.71. The SMILES string of the molecule is O=C(N[C@H]1CCN2C(=O)c3ccccc3NC(=O)[C@H]12)c1cccc(F)c1. The second-order valence-corrected chi connectivity index (χ2v) is 6.36. The Hall–Kier alpha value is -3.22. The van der Waals surface area contributed by atoms with Gasteiger partial charge in [0.05, 0.1) is 17.3 Å². The van der Waals surface area contributed by atoms with E-state index in [1.807, 2.05) is 0 Å². The molecule has 3 amide bonds.